The molecule has 0 bridgehead atoms. The molecule has 0 aliphatic heterocycles. The molecule has 0 aliphatic carbocycles. The molecule has 1 unspecified atom stereocenters. The lowest BCUT2D eigenvalue weighted by Gasteiger charge is -2.13. The van der Waals surface area contributed by atoms with Crippen LogP contribution in [0.15, 0.2) is 30.5 Å². The summed E-state index contributed by atoms with van der Waals surface area (Å²) in [7, 11) is 0. The Labute approximate surface area is 98.4 Å². The zero-order valence-electron chi connectivity index (χ0n) is 9.34. The lowest BCUT2D eigenvalue weighted by Crippen LogP contribution is -2.35. The SMILES string of the molecule is CC(C(=O)NN)n1ccc2cc(C#N)ccc21. The summed E-state index contributed by atoms with van der Waals surface area (Å²) in [4.78, 5) is 11.5. The minimum absolute atomic E-state index is 0.258. The summed E-state index contributed by atoms with van der Waals surface area (Å²) < 4.78 is 1.82. The van der Waals surface area contributed by atoms with E-state index in [0.717, 1.165) is 10.9 Å². The van der Waals surface area contributed by atoms with Crippen LogP contribution in [0.2, 0.25) is 0 Å². The van der Waals surface area contributed by atoms with Crippen molar-refractivity contribution in [3.8, 4) is 6.07 Å². The number of benzene rings is 1. The van der Waals surface area contributed by atoms with Crippen molar-refractivity contribution in [2.45, 2.75) is 13.0 Å². The second-order valence-corrected chi connectivity index (χ2v) is 3.79. The molecule has 0 fully saturated rings. The van der Waals surface area contributed by atoms with Crippen LogP contribution in [0.3, 0.4) is 0 Å². The van der Waals surface area contributed by atoms with Gasteiger partial charge in [-0.25, -0.2) is 5.84 Å². The summed E-state index contributed by atoms with van der Waals surface area (Å²) in [5.41, 5.74) is 3.63. The van der Waals surface area contributed by atoms with Crippen molar-refractivity contribution in [3.63, 3.8) is 0 Å². The lowest BCUT2D eigenvalue weighted by atomic mass is 10.2. The van der Waals surface area contributed by atoms with E-state index >= 15 is 0 Å². The summed E-state index contributed by atoms with van der Waals surface area (Å²) in [5.74, 6) is 4.86. The molecule has 1 aromatic heterocycles. The Morgan fingerprint density at radius 1 is 1.53 bits per heavy atom. The van der Waals surface area contributed by atoms with E-state index in [-0.39, 0.29) is 11.9 Å². The Hall–Kier alpha value is -2.32. The molecule has 2 rings (SSSR count). The highest BCUT2D eigenvalue weighted by Gasteiger charge is 2.15. The average Bonchev–Trinajstić information content (AvgIpc) is 2.79. The fourth-order valence-corrected chi connectivity index (χ4v) is 1.82. The zero-order chi connectivity index (χ0) is 12.4. The van der Waals surface area contributed by atoms with Crippen LogP contribution in [0, 0.1) is 11.3 Å². The molecule has 0 aliphatic rings. The smallest absolute Gasteiger partial charge is 0.256 e. The van der Waals surface area contributed by atoms with E-state index in [2.05, 4.69) is 11.5 Å². The second-order valence-electron chi connectivity index (χ2n) is 3.79. The zero-order valence-corrected chi connectivity index (χ0v) is 9.34. The van der Waals surface area contributed by atoms with Gasteiger partial charge in [-0.3, -0.25) is 10.2 Å². The van der Waals surface area contributed by atoms with Gasteiger partial charge in [0, 0.05) is 17.1 Å². The number of amides is 1. The van der Waals surface area contributed by atoms with Crippen LogP contribution in [0.5, 0.6) is 0 Å². The Morgan fingerprint density at radius 2 is 2.29 bits per heavy atom. The van der Waals surface area contributed by atoms with Crippen LogP contribution < -0.4 is 11.3 Å². The van der Waals surface area contributed by atoms with E-state index in [9.17, 15) is 4.79 Å². The number of hydrogen-bond acceptors (Lipinski definition) is 3. The molecule has 1 amide bonds. The van der Waals surface area contributed by atoms with Crippen molar-refractivity contribution < 1.29 is 4.79 Å². The van der Waals surface area contributed by atoms with Gasteiger partial charge >= 0.3 is 0 Å². The third-order valence-electron chi connectivity index (χ3n) is 2.79. The van der Waals surface area contributed by atoms with Gasteiger partial charge in [0.05, 0.1) is 11.6 Å². The van der Waals surface area contributed by atoms with E-state index in [0.29, 0.717) is 5.56 Å². The molecule has 3 N–H and O–H groups in total. The van der Waals surface area contributed by atoms with Crippen molar-refractivity contribution >= 4 is 16.8 Å². The standard InChI is InChI=1S/C12H12N4O/c1-8(12(17)15-14)16-5-4-10-6-9(7-13)2-3-11(10)16/h2-6,8H,14H2,1H3,(H,15,17). The maximum absolute atomic E-state index is 11.5. The molecule has 2 aromatic rings. The summed E-state index contributed by atoms with van der Waals surface area (Å²) in [6.45, 7) is 1.76. The van der Waals surface area contributed by atoms with E-state index < -0.39 is 0 Å². The molecule has 0 saturated heterocycles. The first-order chi connectivity index (χ1) is 8.17. The second kappa shape index (κ2) is 4.28. The summed E-state index contributed by atoms with van der Waals surface area (Å²) in [5, 5.41) is 9.73. The number of nitrogens with one attached hydrogen (secondary N) is 1. The van der Waals surface area contributed by atoms with Gasteiger partial charge in [-0.1, -0.05) is 0 Å². The van der Waals surface area contributed by atoms with Crippen LogP contribution in [-0.4, -0.2) is 10.5 Å². The fraction of sp³-hybridized carbons (Fsp3) is 0.167. The predicted molar refractivity (Wildman–Crippen MR) is 63.7 cm³/mol. The molecule has 86 valence electrons. The van der Waals surface area contributed by atoms with Gasteiger partial charge in [-0.15, -0.1) is 0 Å². The average molecular weight is 228 g/mol. The van der Waals surface area contributed by atoms with Gasteiger partial charge < -0.3 is 4.57 Å². The Morgan fingerprint density at radius 3 is 2.94 bits per heavy atom. The van der Waals surface area contributed by atoms with Gasteiger partial charge in [-0.05, 0) is 31.2 Å². The number of fused-ring (bicyclic) bond motifs is 1. The third kappa shape index (κ3) is 1.86. The Kier molecular flexibility index (Phi) is 2.81. The molecule has 5 nitrogen and oxygen atoms in total. The minimum atomic E-state index is -0.384. The van der Waals surface area contributed by atoms with Crippen molar-refractivity contribution in [1.82, 2.24) is 9.99 Å². The molecule has 17 heavy (non-hydrogen) atoms. The molecule has 1 heterocycles. The quantitative estimate of drug-likeness (QED) is 0.458. The highest BCUT2D eigenvalue weighted by molar-refractivity contribution is 5.86. The van der Waals surface area contributed by atoms with E-state index in [1.54, 1.807) is 19.1 Å². The number of nitriles is 1. The number of nitrogens with two attached hydrogens (primary N) is 1. The van der Waals surface area contributed by atoms with Crippen LogP contribution in [-0.2, 0) is 4.79 Å². The van der Waals surface area contributed by atoms with E-state index in [4.69, 9.17) is 11.1 Å². The molecule has 5 heteroatoms. The highest BCUT2D eigenvalue weighted by atomic mass is 16.2. The van der Waals surface area contributed by atoms with Crippen molar-refractivity contribution in [3.05, 3.63) is 36.0 Å². The maximum Gasteiger partial charge on any atom is 0.256 e. The fourth-order valence-electron chi connectivity index (χ4n) is 1.82. The van der Waals surface area contributed by atoms with Crippen LogP contribution >= 0.6 is 0 Å². The highest BCUT2D eigenvalue weighted by Crippen LogP contribution is 2.21. The normalized spacial score (nSPS) is 12.1. The van der Waals surface area contributed by atoms with Crippen LogP contribution in [0.25, 0.3) is 10.9 Å². The minimum Gasteiger partial charge on any atom is -0.335 e. The largest absolute Gasteiger partial charge is 0.335 e. The van der Waals surface area contributed by atoms with Gasteiger partial charge in [-0.2, -0.15) is 5.26 Å². The van der Waals surface area contributed by atoms with Gasteiger partial charge in [0.15, 0.2) is 0 Å². The van der Waals surface area contributed by atoms with E-state index in [1.165, 1.54) is 0 Å². The van der Waals surface area contributed by atoms with Crippen molar-refractivity contribution in [1.29, 1.82) is 5.26 Å². The molecule has 1 atom stereocenters. The molecule has 0 radical (unpaired) electrons. The molecule has 0 saturated carbocycles. The number of rotatable bonds is 2. The number of hydrazine groups is 1. The molecule has 0 spiro atoms. The molecular formula is C12H12N4O. The summed E-state index contributed by atoms with van der Waals surface area (Å²) in [6.07, 6.45) is 1.81. The molecular weight excluding hydrogens is 216 g/mol. The third-order valence-corrected chi connectivity index (χ3v) is 2.79. The monoisotopic (exact) mass is 228 g/mol. The first-order valence-corrected chi connectivity index (χ1v) is 5.18. The number of nitrogens with zero attached hydrogens (tertiary/aromatic N) is 2. The number of aromatic nitrogens is 1. The van der Waals surface area contributed by atoms with E-state index in [1.807, 2.05) is 22.9 Å². The first-order valence-electron chi connectivity index (χ1n) is 5.18. The number of hydrogen-bond donors (Lipinski definition) is 2. The predicted octanol–water partition coefficient (Wildman–Crippen LogP) is 1.06. The number of carbonyl (C=O) groups is 1. The van der Waals surface area contributed by atoms with Gasteiger partial charge in [0.25, 0.3) is 5.91 Å². The van der Waals surface area contributed by atoms with Crippen LogP contribution in [0.4, 0.5) is 0 Å². The Balaban J connectivity index is 2.51. The Bertz CT molecular complexity index is 608. The summed E-state index contributed by atoms with van der Waals surface area (Å²) in [6, 6.07) is 8.92. The maximum atomic E-state index is 11.5. The topological polar surface area (TPSA) is 83.8 Å². The van der Waals surface area contributed by atoms with Gasteiger partial charge in [0.1, 0.15) is 6.04 Å². The van der Waals surface area contributed by atoms with Crippen molar-refractivity contribution in [2.24, 2.45) is 5.84 Å². The lowest BCUT2D eigenvalue weighted by molar-refractivity contribution is -0.123. The van der Waals surface area contributed by atoms with Crippen LogP contribution in [0.1, 0.15) is 18.5 Å². The number of carbonyl (C=O) groups excluding carboxylic acids is 1. The van der Waals surface area contributed by atoms with Gasteiger partial charge in [0.2, 0.25) is 0 Å². The molecule has 1 aromatic carbocycles. The summed E-state index contributed by atoms with van der Waals surface area (Å²) >= 11 is 0. The van der Waals surface area contributed by atoms with Crippen molar-refractivity contribution in [2.75, 3.05) is 0 Å². The first kappa shape index (κ1) is 11.2.